The van der Waals surface area contributed by atoms with Crippen LogP contribution in [0.1, 0.15) is 18.1 Å². The monoisotopic (exact) mass is 495 g/mol. The summed E-state index contributed by atoms with van der Waals surface area (Å²) in [5.74, 6) is -0.256. The number of para-hydroxylation sites is 2. The molecule has 0 saturated carbocycles. The number of nitrogens with one attached hydrogen (secondary N) is 2. The third-order valence-corrected chi connectivity index (χ3v) is 4.97. The molecule has 164 valence electrons. The maximum absolute atomic E-state index is 12.4. The normalized spacial score (nSPS) is 11.7. The Morgan fingerprint density at radius 3 is 2.38 bits per heavy atom. The van der Waals surface area contributed by atoms with Crippen molar-refractivity contribution in [2.45, 2.75) is 12.5 Å². The fourth-order valence-electron chi connectivity index (χ4n) is 2.83. The summed E-state index contributed by atoms with van der Waals surface area (Å²) in [6, 6.07) is 20.3. The lowest BCUT2D eigenvalue weighted by Crippen LogP contribution is -2.17. The van der Waals surface area contributed by atoms with Gasteiger partial charge in [-0.1, -0.05) is 46.3 Å². The zero-order valence-electron chi connectivity index (χ0n) is 17.0. The predicted octanol–water partition coefficient (Wildman–Crippen LogP) is 5.61. The number of phenolic OH excluding ortho intramolecular Hbond substituents is 1. The lowest BCUT2D eigenvalue weighted by molar-refractivity contribution is -0.111. The quantitative estimate of drug-likeness (QED) is 0.251. The van der Waals surface area contributed by atoms with Gasteiger partial charge in [0.25, 0.3) is 0 Å². The van der Waals surface area contributed by atoms with E-state index in [1.807, 2.05) is 0 Å². The Bertz CT molecular complexity index is 1100. The van der Waals surface area contributed by atoms with Gasteiger partial charge in [0.15, 0.2) is 0 Å². The fourth-order valence-corrected chi connectivity index (χ4v) is 3.10. The van der Waals surface area contributed by atoms with E-state index in [1.165, 1.54) is 18.2 Å². The van der Waals surface area contributed by atoms with Crippen LogP contribution in [0.4, 0.5) is 21.9 Å². The zero-order chi connectivity index (χ0) is 22.9. The molecule has 0 aliphatic rings. The number of halogens is 1. The number of hydrogen-bond donors (Lipinski definition) is 4. The first kappa shape index (κ1) is 22.9. The molecule has 0 aliphatic heterocycles. The standard InChI is InChI=1S/C24H22BrN3O4/c25-17-10-12-18(13-11-17)27-24(31)32-22(16-8-14-19(29)15-9-16)6-3-7-23(30)28-21-5-2-1-4-20(21)26/h1-5,7-15,22,29H,6,26H2,(H,27,31)(H,28,30)/b7-3+/t22-/m0/s1. The van der Waals surface area contributed by atoms with E-state index in [2.05, 4.69) is 26.6 Å². The summed E-state index contributed by atoms with van der Waals surface area (Å²) < 4.78 is 6.47. The maximum Gasteiger partial charge on any atom is 0.412 e. The number of benzene rings is 3. The van der Waals surface area contributed by atoms with Crippen molar-refractivity contribution in [1.82, 2.24) is 0 Å². The second-order valence-corrected chi connectivity index (χ2v) is 7.75. The SMILES string of the molecule is Nc1ccccc1NC(=O)/C=C/C[C@H](OC(=O)Nc1ccc(Br)cc1)c1ccc(O)cc1. The van der Waals surface area contributed by atoms with Crippen molar-refractivity contribution in [3.8, 4) is 5.75 Å². The fraction of sp³-hybridized carbons (Fsp3) is 0.0833. The molecular weight excluding hydrogens is 474 g/mol. The van der Waals surface area contributed by atoms with Gasteiger partial charge < -0.3 is 20.9 Å². The first-order valence-electron chi connectivity index (χ1n) is 9.75. The molecule has 2 amide bonds. The molecule has 0 radical (unpaired) electrons. The van der Waals surface area contributed by atoms with Crippen molar-refractivity contribution in [2.24, 2.45) is 0 Å². The lowest BCUT2D eigenvalue weighted by atomic mass is 10.1. The molecule has 3 rings (SSSR count). The first-order valence-corrected chi connectivity index (χ1v) is 10.5. The Hall–Kier alpha value is -3.78. The van der Waals surface area contributed by atoms with Gasteiger partial charge in [-0.3, -0.25) is 10.1 Å². The molecule has 32 heavy (non-hydrogen) atoms. The van der Waals surface area contributed by atoms with Crippen LogP contribution in [0, 0.1) is 0 Å². The van der Waals surface area contributed by atoms with Gasteiger partial charge in [0.2, 0.25) is 5.91 Å². The average molecular weight is 496 g/mol. The summed E-state index contributed by atoms with van der Waals surface area (Å²) in [4.78, 5) is 24.6. The highest BCUT2D eigenvalue weighted by molar-refractivity contribution is 9.10. The number of carbonyl (C=O) groups excluding carboxylic acids is 2. The molecule has 3 aromatic rings. The molecule has 0 unspecified atom stereocenters. The Balaban J connectivity index is 1.65. The molecular formula is C24H22BrN3O4. The van der Waals surface area contributed by atoms with E-state index in [-0.39, 0.29) is 18.1 Å². The number of carbonyl (C=O) groups is 2. The second-order valence-electron chi connectivity index (χ2n) is 6.83. The molecule has 0 bridgehead atoms. The van der Waals surface area contributed by atoms with Crippen molar-refractivity contribution in [2.75, 3.05) is 16.4 Å². The van der Waals surface area contributed by atoms with Crippen molar-refractivity contribution in [1.29, 1.82) is 0 Å². The van der Waals surface area contributed by atoms with E-state index < -0.39 is 12.2 Å². The topological polar surface area (TPSA) is 114 Å². The largest absolute Gasteiger partial charge is 0.508 e. The minimum absolute atomic E-state index is 0.0992. The molecule has 0 heterocycles. The number of aromatic hydroxyl groups is 1. The predicted molar refractivity (Wildman–Crippen MR) is 128 cm³/mol. The molecule has 3 aromatic carbocycles. The molecule has 0 aromatic heterocycles. The summed E-state index contributed by atoms with van der Waals surface area (Å²) in [5.41, 5.74) is 8.07. The minimum atomic E-state index is -0.670. The van der Waals surface area contributed by atoms with E-state index in [4.69, 9.17) is 10.5 Å². The van der Waals surface area contributed by atoms with Gasteiger partial charge in [0.05, 0.1) is 11.4 Å². The summed E-state index contributed by atoms with van der Waals surface area (Å²) in [6.45, 7) is 0. The van der Waals surface area contributed by atoms with Crippen LogP contribution in [-0.4, -0.2) is 17.1 Å². The number of rotatable bonds is 7. The number of phenols is 1. The molecule has 7 nitrogen and oxygen atoms in total. The Kier molecular flexibility index (Phi) is 7.88. The van der Waals surface area contributed by atoms with Crippen LogP contribution in [0.3, 0.4) is 0 Å². The highest BCUT2D eigenvalue weighted by Crippen LogP contribution is 2.25. The first-order chi connectivity index (χ1) is 15.4. The Morgan fingerprint density at radius 2 is 1.69 bits per heavy atom. The summed E-state index contributed by atoms with van der Waals surface area (Å²) in [6.07, 6.45) is 1.91. The number of nitrogens with two attached hydrogens (primary N) is 1. The van der Waals surface area contributed by atoms with E-state index in [0.29, 0.717) is 22.6 Å². The molecule has 5 N–H and O–H groups in total. The Labute approximate surface area is 194 Å². The third kappa shape index (κ3) is 6.88. The lowest BCUT2D eigenvalue weighted by Gasteiger charge is -2.17. The van der Waals surface area contributed by atoms with Crippen molar-refractivity contribution < 1.29 is 19.4 Å². The zero-order valence-corrected chi connectivity index (χ0v) is 18.6. The summed E-state index contributed by atoms with van der Waals surface area (Å²) >= 11 is 3.34. The van der Waals surface area contributed by atoms with E-state index in [9.17, 15) is 14.7 Å². The highest BCUT2D eigenvalue weighted by Gasteiger charge is 2.16. The molecule has 8 heteroatoms. The van der Waals surface area contributed by atoms with Crippen LogP contribution in [0.5, 0.6) is 5.75 Å². The van der Waals surface area contributed by atoms with Crippen LogP contribution in [0.25, 0.3) is 0 Å². The van der Waals surface area contributed by atoms with E-state index in [1.54, 1.807) is 66.7 Å². The van der Waals surface area contributed by atoms with Crippen molar-refractivity contribution >= 4 is 45.0 Å². The third-order valence-electron chi connectivity index (χ3n) is 4.44. The van der Waals surface area contributed by atoms with Crippen LogP contribution >= 0.6 is 15.9 Å². The van der Waals surface area contributed by atoms with Crippen LogP contribution in [-0.2, 0) is 9.53 Å². The number of hydrogen-bond acceptors (Lipinski definition) is 5. The van der Waals surface area contributed by atoms with Crippen LogP contribution < -0.4 is 16.4 Å². The van der Waals surface area contributed by atoms with Gasteiger partial charge in [0, 0.05) is 16.6 Å². The van der Waals surface area contributed by atoms with Gasteiger partial charge in [-0.05, 0) is 60.2 Å². The number of amides is 2. The number of anilines is 3. The molecule has 0 spiro atoms. The number of ether oxygens (including phenoxy) is 1. The smallest absolute Gasteiger partial charge is 0.412 e. The highest BCUT2D eigenvalue weighted by atomic mass is 79.9. The van der Waals surface area contributed by atoms with Crippen LogP contribution in [0.15, 0.2) is 89.4 Å². The van der Waals surface area contributed by atoms with Gasteiger partial charge in [0.1, 0.15) is 11.9 Å². The van der Waals surface area contributed by atoms with Gasteiger partial charge in [-0.25, -0.2) is 4.79 Å². The van der Waals surface area contributed by atoms with Crippen molar-refractivity contribution in [3.63, 3.8) is 0 Å². The van der Waals surface area contributed by atoms with Gasteiger partial charge in [-0.15, -0.1) is 0 Å². The molecule has 1 atom stereocenters. The Morgan fingerprint density at radius 1 is 1.00 bits per heavy atom. The molecule has 0 aliphatic carbocycles. The van der Waals surface area contributed by atoms with Gasteiger partial charge >= 0.3 is 6.09 Å². The molecule has 0 saturated heterocycles. The molecule has 0 fully saturated rings. The average Bonchev–Trinajstić information content (AvgIpc) is 2.77. The summed E-state index contributed by atoms with van der Waals surface area (Å²) in [7, 11) is 0. The van der Waals surface area contributed by atoms with E-state index in [0.717, 1.165) is 4.47 Å². The van der Waals surface area contributed by atoms with E-state index >= 15 is 0 Å². The van der Waals surface area contributed by atoms with Gasteiger partial charge in [-0.2, -0.15) is 0 Å². The summed E-state index contributed by atoms with van der Waals surface area (Å²) in [5, 5.41) is 14.9. The van der Waals surface area contributed by atoms with Crippen LogP contribution in [0.2, 0.25) is 0 Å². The second kappa shape index (κ2) is 11.0. The maximum atomic E-state index is 12.4. The number of nitrogen functional groups attached to an aromatic ring is 1. The van der Waals surface area contributed by atoms with Crippen molar-refractivity contribution in [3.05, 3.63) is 95.0 Å². The minimum Gasteiger partial charge on any atom is -0.508 e.